The molecule has 4 heteroatoms. The fourth-order valence-corrected chi connectivity index (χ4v) is 2.21. The third-order valence-corrected chi connectivity index (χ3v) is 3.49. The van der Waals surface area contributed by atoms with E-state index in [1.54, 1.807) is 12.1 Å². The third-order valence-electron chi connectivity index (χ3n) is 3.49. The highest BCUT2D eigenvalue weighted by Crippen LogP contribution is 2.14. The monoisotopic (exact) mass is 288 g/mol. The Bertz CT molecular complexity index is 560. The van der Waals surface area contributed by atoms with Crippen LogP contribution in [0.5, 0.6) is 5.75 Å². The zero-order valence-corrected chi connectivity index (χ0v) is 12.2. The number of nitrogens with two attached hydrogens (primary N) is 1. The Hall–Kier alpha value is -1.91. The highest BCUT2D eigenvalue weighted by Gasteiger charge is 2.10. The number of hydrogen-bond acceptors (Lipinski definition) is 3. The van der Waals surface area contributed by atoms with Crippen molar-refractivity contribution in [1.82, 2.24) is 5.43 Å². The van der Waals surface area contributed by atoms with Crippen molar-refractivity contribution in [3.8, 4) is 5.75 Å². The quantitative estimate of drug-likeness (QED) is 0.608. The van der Waals surface area contributed by atoms with Crippen molar-refractivity contribution in [3.05, 3.63) is 65.5 Å². The first-order valence-corrected chi connectivity index (χ1v) is 7.08. The highest BCUT2D eigenvalue weighted by molar-refractivity contribution is 5.27. The summed E-state index contributed by atoms with van der Waals surface area (Å²) in [6.07, 6.45) is 1.43. The largest absolute Gasteiger partial charge is 0.494 e. The van der Waals surface area contributed by atoms with Gasteiger partial charge in [-0.1, -0.05) is 24.3 Å². The number of para-hydroxylation sites is 1. The van der Waals surface area contributed by atoms with Crippen molar-refractivity contribution < 1.29 is 9.13 Å². The van der Waals surface area contributed by atoms with Gasteiger partial charge in [0.25, 0.3) is 0 Å². The van der Waals surface area contributed by atoms with Gasteiger partial charge < -0.3 is 4.74 Å². The summed E-state index contributed by atoms with van der Waals surface area (Å²) in [6, 6.07) is 14.5. The smallest absolute Gasteiger partial charge is 0.123 e. The van der Waals surface area contributed by atoms with Crippen molar-refractivity contribution in [1.29, 1.82) is 0 Å². The van der Waals surface area contributed by atoms with Gasteiger partial charge in [-0.3, -0.25) is 11.3 Å². The summed E-state index contributed by atoms with van der Waals surface area (Å²) in [5.41, 5.74) is 4.82. The Morgan fingerprint density at radius 1 is 1.19 bits per heavy atom. The van der Waals surface area contributed by atoms with E-state index in [0.717, 1.165) is 23.3 Å². The van der Waals surface area contributed by atoms with Crippen molar-refractivity contribution in [3.63, 3.8) is 0 Å². The van der Waals surface area contributed by atoms with Crippen molar-refractivity contribution >= 4 is 0 Å². The van der Waals surface area contributed by atoms with Crippen LogP contribution in [0.3, 0.4) is 0 Å². The predicted octanol–water partition coefficient (Wildman–Crippen LogP) is 2.98. The topological polar surface area (TPSA) is 47.3 Å². The Morgan fingerprint density at radius 2 is 1.95 bits per heavy atom. The maximum atomic E-state index is 13.3. The molecule has 0 spiro atoms. The van der Waals surface area contributed by atoms with Crippen LogP contribution >= 0.6 is 0 Å². The molecule has 112 valence electrons. The van der Waals surface area contributed by atoms with Gasteiger partial charge in [0.1, 0.15) is 11.6 Å². The Morgan fingerprint density at radius 3 is 2.67 bits per heavy atom. The average molecular weight is 288 g/mol. The fraction of sp³-hybridized carbons (Fsp3) is 0.294. The van der Waals surface area contributed by atoms with E-state index in [1.807, 2.05) is 37.3 Å². The molecule has 2 aromatic rings. The molecule has 0 saturated carbocycles. The predicted molar refractivity (Wildman–Crippen MR) is 82.5 cm³/mol. The Labute approximate surface area is 124 Å². The van der Waals surface area contributed by atoms with Crippen LogP contribution in [0.15, 0.2) is 48.5 Å². The minimum atomic E-state index is -0.216. The van der Waals surface area contributed by atoms with Crippen LogP contribution in [0.2, 0.25) is 0 Å². The van der Waals surface area contributed by atoms with Gasteiger partial charge in [0.15, 0.2) is 0 Å². The van der Waals surface area contributed by atoms with Crippen molar-refractivity contribution in [2.24, 2.45) is 5.84 Å². The number of halogens is 1. The molecule has 0 radical (unpaired) electrons. The molecule has 0 saturated heterocycles. The van der Waals surface area contributed by atoms with Crippen LogP contribution in [0.25, 0.3) is 0 Å². The van der Waals surface area contributed by atoms with Gasteiger partial charge in [-0.15, -0.1) is 0 Å². The second-order valence-electron chi connectivity index (χ2n) is 5.09. The van der Waals surface area contributed by atoms with Gasteiger partial charge in [-0.25, -0.2) is 4.39 Å². The fourth-order valence-electron chi connectivity index (χ4n) is 2.21. The molecule has 0 aliphatic heterocycles. The molecule has 21 heavy (non-hydrogen) atoms. The average Bonchev–Trinajstić information content (AvgIpc) is 2.51. The molecule has 0 amide bonds. The molecule has 2 aromatic carbocycles. The van der Waals surface area contributed by atoms with E-state index in [0.29, 0.717) is 13.0 Å². The van der Waals surface area contributed by atoms with Gasteiger partial charge >= 0.3 is 0 Å². The number of benzene rings is 2. The lowest BCUT2D eigenvalue weighted by Gasteiger charge is -2.17. The summed E-state index contributed by atoms with van der Waals surface area (Å²) in [6.45, 7) is 2.54. The lowest BCUT2D eigenvalue weighted by molar-refractivity contribution is 0.285. The van der Waals surface area contributed by atoms with E-state index in [1.165, 1.54) is 6.07 Å². The lowest BCUT2D eigenvalue weighted by Crippen LogP contribution is -2.38. The summed E-state index contributed by atoms with van der Waals surface area (Å²) in [4.78, 5) is 0. The van der Waals surface area contributed by atoms with Gasteiger partial charge in [-0.05, 0) is 55.2 Å². The Kier molecular flexibility index (Phi) is 5.72. The van der Waals surface area contributed by atoms with E-state index in [2.05, 4.69) is 5.43 Å². The van der Waals surface area contributed by atoms with Gasteiger partial charge in [-0.2, -0.15) is 0 Å². The van der Waals surface area contributed by atoms with Gasteiger partial charge in [0.05, 0.1) is 6.61 Å². The number of rotatable bonds is 7. The molecule has 2 rings (SSSR count). The van der Waals surface area contributed by atoms with E-state index >= 15 is 0 Å². The number of hydrazine groups is 1. The second kappa shape index (κ2) is 7.76. The molecule has 0 bridgehead atoms. The summed E-state index contributed by atoms with van der Waals surface area (Å²) >= 11 is 0. The van der Waals surface area contributed by atoms with E-state index in [9.17, 15) is 4.39 Å². The standard InChI is InChI=1S/C17H21FN2O/c1-13-7-8-15(18)11-14(13)12-16(20-19)9-10-21-17-5-3-2-4-6-17/h2-8,11,16,20H,9-10,12,19H2,1H3. The number of aryl methyl sites for hydroxylation is 1. The molecule has 0 aromatic heterocycles. The van der Waals surface area contributed by atoms with Crippen molar-refractivity contribution in [2.75, 3.05) is 6.61 Å². The maximum absolute atomic E-state index is 13.3. The SMILES string of the molecule is Cc1ccc(F)cc1CC(CCOc1ccccc1)NN. The molecule has 1 atom stereocenters. The van der Waals surface area contributed by atoms with Crippen molar-refractivity contribution in [2.45, 2.75) is 25.8 Å². The summed E-state index contributed by atoms with van der Waals surface area (Å²) in [7, 11) is 0. The Balaban J connectivity index is 1.87. The van der Waals surface area contributed by atoms with E-state index < -0.39 is 0 Å². The van der Waals surface area contributed by atoms with Crippen LogP contribution in [0.1, 0.15) is 17.5 Å². The molecule has 0 heterocycles. The molecule has 3 N–H and O–H groups in total. The lowest BCUT2D eigenvalue weighted by atomic mass is 9.99. The number of hydrogen-bond donors (Lipinski definition) is 2. The first kappa shape index (κ1) is 15.5. The zero-order valence-electron chi connectivity index (χ0n) is 12.2. The van der Waals surface area contributed by atoms with Crippen LogP contribution in [-0.4, -0.2) is 12.6 Å². The highest BCUT2D eigenvalue weighted by atomic mass is 19.1. The summed E-state index contributed by atoms with van der Waals surface area (Å²) in [5, 5.41) is 0. The van der Waals surface area contributed by atoms with Crippen LogP contribution in [0.4, 0.5) is 4.39 Å². The first-order chi connectivity index (χ1) is 10.2. The van der Waals surface area contributed by atoms with Gasteiger partial charge in [0.2, 0.25) is 0 Å². The molecule has 0 aliphatic carbocycles. The van der Waals surface area contributed by atoms with Crippen LogP contribution in [0, 0.1) is 12.7 Å². The van der Waals surface area contributed by atoms with E-state index in [-0.39, 0.29) is 11.9 Å². The molecule has 0 aliphatic rings. The molecular formula is C17H21FN2O. The number of nitrogens with one attached hydrogen (secondary N) is 1. The first-order valence-electron chi connectivity index (χ1n) is 7.08. The minimum Gasteiger partial charge on any atom is -0.494 e. The molecule has 1 unspecified atom stereocenters. The molecule has 3 nitrogen and oxygen atoms in total. The van der Waals surface area contributed by atoms with Crippen LogP contribution in [-0.2, 0) is 6.42 Å². The van der Waals surface area contributed by atoms with Crippen LogP contribution < -0.4 is 16.0 Å². The second-order valence-corrected chi connectivity index (χ2v) is 5.09. The van der Waals surface area contributed by atoms with E-state index in [4.69, 9.17) is 10.6 Å². The maximum Gasteiger partial charge on any atom is 0.123 e. The summed E-state index contributed by atoms with van der Waals surface area (Å²) in [5.74, 6) is 6.22. The third kappa shape index (κ3) is 4.85. The molecular weight excluding hydrogens is 267 g/mol. The summed E-state index contributed by atoms with van der Waals surface area (Å²) < 4.78 is 19.0. The number of ether oxygens (including phenoxy) is 1. The normalized spacial score (nSPS) is 12.1. The zero-order chi connectivity index (χ0) is 15.1. The van der Waals surface area contributed by atoms with Gasteiger partial charge in [0, 0.05) is 6.04 Å². The minimum absolute atomic E-state index is 0.0502. The molecule has 0 fully saturated rings.